The quantitative estimate of drug-likeness (QED) is 0.525. The van der Waals surface area contributed by atoms with Gasteiger partial charge in [-0.1, -0.05) is 19.3 Å². The predicted molar refractivity (Wildman–Crippen MR) is 81.7 cm³/mol. The molecule has 0 aromatic heterocycles. The number of ether oxygens (including phenoxy) is 1. The zero-order chi connectivity index (χ0) is 16.3. The lowest BCUT2D eigenvalue weighted by molar-refractivity contribution is -0.168. The van der Waals surface area contributed by atoms with Gasteiger partial charge in [-0.15, -0.1) is 0 Å². The molecule has 0 unspecified atom stereocenters. The first kappa shape index (κ1) is 19.7. The lowest BCUT2D eigenvalue weighted by Crippen LogP contribution is -2.32. The summed E-state index contributed by atoms with van der Waals surface area (Å²) in [7, 11) is 3.10. The van der Waals surface area contributed by atoms with E-state index in [2.05, 4.69) is 5.32 Å². The minimum Gasteiger partial charge on any atom is -0.444 e. The lowest BCUT2D eigenvalue weighted by Gasteiger charge is -2.19. The highest BCUT2D eigenvalue weighted by atomic mass is 16.7. The molecule has 21 heavy (non-hydrogen) atoms. The van der Waals surface area contributed by atoms with Crippen LogP contribution in [0.3, 0.4) is 0 Å². The number of amides is 2. The molecule has 0 aliphatic rings. The molecular formula is C15H30N2O4. The summed E-state index contributed by atoms with van der Waals surface area (Å²) < 4.78 is 5.14. The van der Waals surface area contributed by atoms with Gasteiger partial charge in [0.15, 0.2) is 0 Å². The van der Waals surface area contributed by atoms with E-state index in [9.17, 15) is 9.59 Å². The molecule has 0 radical (unpaired) electrons. The molecule has 0 aromatic carbocycles. The third kappa shape index (κ3) is 12.2. The van der Waals surface area contributed by atoms with Crippen molar-refractivity contribution in [1.82, 2.24) is 10.4 Å². The number of carbonyl (C=O) groups is 2. The molecule has 0 fully saturated rings. The van der Waals surface area contributed by atoms with Gasteiger partial charge in [0.25, 0.3) is 0 Å². The predicted octanol–water partition coefficient (Wildman–Crippen LogP) is 2.87. The Morgan fingerprint density at radius 1 is 1.05 bits per heavy atom. The zero-order valence-electron chi connectivity index (χ0n) is 14.0. The van der Waals surface area contributed by atoms with Gasteiger partial charge in [0, 0.05) is 20.0 Å². The lowest BCUT2D eigenvalue weighted by atomic mass is 10.1. The summed E-state index contributed by atoms with van der Waals surface area (Å²) in [5.41, 5.74) is -0.452. The van der Waals surface area contributed by atoms with Crippen molar-refractivity contribution in [2.24, 2.45) is 0 Å². The molecule has 0 aliphatic carbocycles. The van der Waals surface area contributed by atoms with E-state index in [-0.39, 0.29) is 12.0 Å². The first-order valence-corrected chi connectivity index (χ1v) is 7.54. The molecular weight excluding hydrogens is 272 g/mol. The van der Waals surface area contributed by atoms with Crippen LogP contribution in [0.4, 0.5) is 4.79 Å². The summed E-state index contributed by atoms with van der Waals surface area (Å²) in [5, 5.41) is 3.99. The maximum absolute atomic E-state index is 11.4. The van der Waals surface area contributed by atoms with Crippen LogP contribution in [0.2, 0.25) is 0 Å². The Hall–Kier alpha value is -1.30. The average Bonchev–Trinajstić information content (AvgIpc) is 2.38. The van der Waals surface area contributed by atoms with E-state index in [1.54, 1.807) is 7.05 Å². The van der Waals surface area contributed by atoms with Gasteiger partial charge >= 0.3 is 6.09 Å². The molecule has 6 nitrogen and oxygen atoms in total. The SMILES string of the molecule is CON(C)C(=O)CCCCCCCNC(=O)OC(C)(C)C. The third-order valence-corrected chi connectivity index (χ3v) is 2.86. The van der Waals surface area contributed by atoms with Crippen LogP contribution in [-0.4, -0.2) is 43.4 Å². The van der Waals surface area contributed by atoms with Crippen molar-refractivity contribution in [3.8, 4) is 0 Å². The minimum absolute atomic E-state index is 0.00379. The van der Waals surface area contributed by atoms with Gasteiger partial charge in [-0.2, -0.15) is 0 Å². The molecule has 0 aliphatic heterocycles. The molecule has 0 saturated heterocycles. The number of hydrogen-bond donors (Lipinski definition) is 1. The Balaban J connectivity index is 3.41. The summed E-state index contributed by atoms with van der Waals surface area (Å²) in [6.07, 6.45) is 5.04. The molecule has 6 heteroatoms. The number of nitrogens with zero attached hydrogens (tertiary/aromatic N) is 1. The van der Waals surface area contributed by atoms with Crippen LogP contribution < -0.4 is 5.32 Å². The van der Waals surface area contributed by atoms with Crippen LogP contribution in [0.25, 0.3) is 0 Å². The maximum Gasteiger partial charge on any atom is 0.407 e. The highest BCUT2D eigenvalue weighted by molar-refractivity contribution is 5.74. The van der Waals surface area contributed by atoms with Gasteiger partial charge < -0.3 is 10.1 Å². The number of hydroxylamine groups is 2. The van der Waals surface area contributed by atoms with Crippen LogP contribution in [0, 0.1) is 0 Å². The van der Waals surface area contributed by atoms with Crippen LogP contribution in [0.15, 0.2) is 0 Å². The molecule has 124 valence electrons. The molecule has 0 spiro atoms. The number of rotatable bonds is 9. The number of alkyl carbamates (subject to hydrolysis) is 1. The molecule has 0 bridgehead atoms. The molecule has 0 atom stereocenters. The first-order valence-electron chi connectivity index (χ1n) is 7.54. The molecule has 2 amide bonds. The van der Waals surface area contributed by atoms with Gasteiger partial charge in [0.2, 0.25) is 5.91 Å². The standard InChI is InChI=1S/C15H30N2O4/c1-15(2,3)21-14(19)16-12-10-8-6-7-9-11-13(18)17(4)20-5/h6-12H2,1-5H3,(H,16,19). The monoisotopic (exact) mass is 302 g/mol. The van der Waals surface area contributed by atoms with Crippen molar-refractivity contribution in [2.45, 2.75) is 64.9 Å². The summed E-state index contributed by atoms with van der Waals surface area (Å²) in [4.78, 5) is 27.6. The van der Waals surface area contributed by atoms with E-state index in [4.69, 9.17) is 9.57 Å². The Kier molecular flexibility index (Phi) is 9.78. The maximum atomic E-state index is 11.4. The van der Waals surface area contributed by atoms with Gasteiger partial charge in [-0.25, -0.2) is 9.86 Å². The molecule has 0 rings (SSSR count). The van der Waals surface area contributed by atoms with E-state index in [1.807, 2.05) is 20.8 Å². The van der Waals surface area contributed by atoms with Crippen LogP contribution in [0.5, 0.6) is 0 Å². The second kappa shape index (κ2) is 10.4. The Morgan fingerprint density at radius 2 is 1.62 bits per heavy atom. The summed E-state index contributed by atoms with van der Waals surface area (Å²) >= 11 is 0. The van der Waals surface area contributed by atoms with Gasteiger partial charge in [-0.3, -0.25) is 9.63 Å². The Morgan fingerprint density at radius 3 is 2.19 bits per heavy atom. The molecule has 1 N–H and O–H groups in total. The van der Waals surface area contributed by atoms with Crippen LogP contribution in [-0.2, 0) is 14.4 Å². The van der Waals surface area contributed by atoms with Crippen molar-refractivity contribution in [2.75, 3.05) is 20.7 Å². The van der Waals surface area contributed by atoms with Crippen LogP contribution in [0.1, 0.15) is 59.3 Å². The normalized spacial score (nSPS) is 11.1. The third-order valence-electron chi connectivity index (χ3n) is 2.86. The highest BCUT2D eigenvalue weighted by Gasteiger charge is 2.15. The van der Waals surface area contributed by atoms with Crippen molar-refractivity contribution < 1.29 is 19.2 Å². The molecule has 0 saturated carbocycles. The summed E-state index contributed by atoms with van der Waals surface area (Å²) in [5.74, 6) is 0.00379. The van der Waals surface area contributed by atoms with E-state index < -0.39 is 5.60 Å². The summed E-state index contributed by atoms with van der Waals surface area (Å²) in [6, 6.07) is 0. The smallest absolute Gasteiger partial charge is 0.407 e. The minimum atomic E-state index is -0.452. The van der Waals surface area contributed by atoms with E-state index in [0.717, 1.165) is 32.1 Å². The summed E-state index contributed by atoms with van der Waals surface area (Å²) in [6.45, 7) is 6.15. The van der Waals surface area contributed by atoms with Crippen molar-refractivity contribution >= 4 is 12.0 Å². The van der Waals surface area contributed by atoms with Crippen molar-refractivity contribution in [3.05, 3.63) is 0 Å². The van der Waals surface area contributed by atoms with Crippen molar-refractivity contribution in [1.29, 1.82) is 0 Å². The van der Waals surface area contributed by atoms with Gasteiger partial charge in [-0.05, 0) is 33.6 Å². The number of unbranched alkanes of at least 4 members (excludes halogenated alkanes) is 4. The molecule has 0 aromatic rings. The average molecular weight is 302 g/mol. The Labute approximate surface area is 128 Å². The zero-order valence-corrected chi connectivity index (χ0v) is 14.0. The van der Waals surface area contributed by atoms with E-state index in [0.29, 0.717) is 13.0 Å². The van der Waals surface area contributed by atoms with E-state index >= 15 is 0 Å². The second-order valence-corrected chi connectivity index (χ2v) is 6.02. The number of carbonyl (C=O) groups excluding carboxylic acids is 2. The van der Waals surface area contributed by atoms with Crippen molar-refractivity contribution in [3.63, 3.8) is 0 Å². The van der Waals surface area contributed by atoms with Gasteiger partial charge in [0.1, 0.15) is 5.60 Å². The topological polar surface area (TPSA) is 67.9 Å². The fraction of sp³-hybridized carbons (Fsp3) is 0.867. The number of nitrogens with one attached hydrogen (secondary N) is 1. The molecule has 0 heterocycles. The largest absolute Gasteiger partial charge is 0.444 e. The Bertz CT molecular complexity index is 313. The fourth-order valence-electron chi connectivity index (χ4n) is 1.70. The van der Waals surface area contributed by atoms with Crippen LogP contribution >= 0.6 is 0 Å². The van der Waals surface area contributed by atoms with Gasteiger partial charge in [0.05, 0.1) is 7.11 Å². The van der Waals surface area contributed by atoms with E-state index in [1.165, 1.54) is 12.2 Å². The second-order valence-electron chi connectivity index (χ2n) is 6.02. The number of hydrogen-bond acceptors (Lipinski definition) is 4. The first-order chi connectivity index (χ1) is 9.76. The highest BCUT2D eigenvalue weighted by Crippen LogP contribution is 2.08. The fourth-order valence-corrected chi connectivity index (χ4v) is 1.70.